The maximum atomic E-state index is 12.2. The lowest BCUT2D eigenvalue weighted by atomic mass is 10.1. The molecule has 1 unspecified atom stereocenters. The molecular formula is C15H30F3IN4O. The third kappa shape index (κ3) is 10.5. The molecule has 144 valence electrons. The molecule has 0 saturated carbocycles. The van der Waals surface area contributed by atoms with Gasteiger partial charge in [0.1, 0.15) is 0 Å². The lowest BCUT2D eigenvalue weighted by Crippen LogP contribution is -2.41. The zero-order chi connectivity index (χ0) is 17.3. The van der Waals surface area contributed by atoms with E-state index in [1.54, 1.807) is 0 Å². The van der Waals surface area contributed by atoms with Gasteiger partial charge in [0.05, 0.1) is 13.2 Å². The van der Waals surface area contributed by atoms with Crippen molar-refractivity contribution >= 4 is 29.9 Å². The van der Waals surface area contributed by atoms with Crippen LogP contribution in [-0.4, -0.2) is 82.0 Å². The van der Waals surface area contributed by atoms with Gasteiger partial charge >= 0.3 is 6.18 Å². The van der Waals surface area contributed by atoms with E-state index in [4.69, 9.17) is 4.74 Å². The predicted octanol–water partition coefficient (Wildman–Crippen LogP) is 2.42. The van der Waals surface area contributed by atoms with Crippen molar-refractivity contribution in [3.05, 3.63) is 0 Å². The van der Waals surface area contributed by atoms with Crippen molar-refractivity contribution in [1.82, 2.24) is 15.1 Å². The van der Waals surface area contributed by atoms with Gasteiger partial charge < -0.3 is 15.0 Å². The van der Waals surface area contributed by atoms with Gasteiger partial charge in [-0.05, 0) is 33.4 Å². The highest BCUT2D eigenvalue weighted by atomic mass is 127. The van der Waals surface area contributed by atoms with Gasteiger partial charge in [-0.3, -0.25) is 9.89 Å². The Balaban J connectivity index is 0.00000529. The first kappa shape index (κ1) is 23.7. The van der Waals surface area contributed by atoms with Gasteiger partial charge in [0, 0.05) is 39.2 Å². The minimum absolute atomic E-state index is 0. The molecule has 1 aliphatic heterocycles. The van der Waals surface area contributed by atoms with Gasteiger partial charge in [-0.15, -0.1) is 24.0 Å². The molecule has 0 aromatic rings. The molecule has 9 heteroatoms. The highest BCUT2D eigenvalue weighted by molar-refractivity contribution is 14.0. The monoisotopic (exact) mass is 466 g/mol. The first-order valence-electron chi connectivity index (χ1n) is 8.14. The standard InChI is InChI=1S/C15H29F3N4O.HI/c1-4-19-14(22(3)10-13-6-9-23-11-13)20-7-5-8-21(2)12-15(16,17)18;/h13H,4-12H2,1-3H3,(H,19,20);1H. The van der Waals surface area contributed by atoms with E-state index in [1.165, 1.54) is 11.9 Å². The van der Waals surface area contributed by atoms with Gasteiger partial charge in [0.15, 0.2) is 5.96 Å². The van der Waals surface area contributed by atoms with Gasteiger partial charge in [-0.2, -0.15) is 13.2 Å². The third-order valence-corrected chi connectivity index (χ3v) is 3.66. The minimum Gasteiger partial charge on any atom is -0.381 e. The molecule has 0 spiro atoms. The Morgan fingerprint density at radius 2 is 2.04 bits per heavy atom. The molecule has 5 nitrogen and oxygen atoms in total. The fourth-order valence-electron chi connectivity index (χ4n) is 2.58. The summed E-state index contributed by atoms with van der Waals surface area (Å²) in [6.07, 6.45) is -2.48. The molecule has 1 rings (SSSR count). The average molecular weight is 466 g/mol. The molecule has 24 heavy (non-hydrogen) atoms. The number of aliphatic imine (C=N–C) groups is 1. The molecule has 1 aliphatic rings. The molecule has 1 N–H and O–H groups in total. The molecule has 1 saturated heterocycles. The van der Waals surface area contributed by atoms with Gasteiger partial charge in [0.2, 0.25) is 0 Å². The quantitative estimate of drug-likeness (QED) is 0.258. The lowest BCUT2D eigenvalue weighted by molar-refractivity contribution is -0.143. The summed E-state index contributed by atoms with van der Waals surface area (Å²) in [5.41, 5.74) is 0. The van der Waals surface area contributed by atoms with Crippen molar-refractivity contribution in [1.29, 1.82) is 0 Å². The molecule has 0 bridgehead atoms. The minimum atomic E-state index is -4.14. The topological polar surface area (TPSA) is 40.1 Å². The Bertz CT molecular complexity index is 363. The van der Waals surface area contributed by atoms with Crippen LogP contribution in [0.25, 0.3) is 0 Å². The Hall–Kier alpha value is -0.290. The van der Waals surface area contributed by atoms with Crippen LogP contribution in [0.2, 0.25) is 0 Å². The van der Waals surface area contributed by atoms with E-state index in [1.807, 2.05) is 14.0 Å². The smallest absolute Gasteiger partial charge is 0.381 e. The zero-order valence-corrected chi connectivity index (χ0v) is 17.1. The van der Waals surface area contributed by atoms with Gasteiger partial charge in [-0.1, -0.05) is 0 Å². The van der Waals surface area contributed by atoms with Crippen LogP contribution in [0.5, 0.6) is 0 Å². The Labute approximate surface area is 160 Å². The molecule has 0 amide bonds. The van der Waals surface area contributed by atoms with E-state index >= 15 is 0 Å². The molecule has 1 atom stereocenters. The van der Waals surface area contributed by atoms with Gasteiger partial charge in [0.25, 0.3) is 0 Å². The van der Waals surface area contributed by atoms with Crippen molar-refractivity contribution in [3.63, 3.8) is 0 Å². The Morgan fingerprint density at radius 1 is 1.33 bits per heavy atom. The zero-order valence-electron chi connectivity index (χ0n) is 14.7. The van der Waals surface area contributed by atoms with Crippen molar-refractivity contribution < 1.29 is 17.9 Å². The van der Waals surface area contributed by atoms with Crippen molar-refractivity contribution in [3.8, 4) is 0 Å². The maximum Gasteiger partial charge on any atom is 0.401 e. The summed E-state index contributed by atoms with van der Waals surface area (Å²) in [5, 5.41) is 3.22. The number of rotatable bonds is 8. The number of nitrogens with zero attached hydrogens (tertiary/aromatic N) is 3. The van der Waals surface area contributed by atoms with Crippen molar-refractivity contribution in [2.45, 2.75) is 25.9 Å². The van der Waals surface area contributed by atoms with Crippen LogP contribution in [0.1, 0.15) is 19.8 Å². The number of hydrogen-bond acceptors (Lipinski definition) is 3. The van der Waals surface area contributed by atoms with Crippen LogP contribution in [0.4, 0.5) is 13.2 Å². The van der Waals surface area contributed by atoms with Crippen molar-refractivity contribution in [2.24, 2.45) is 10.9 Å². The van der Waals surface area contributed by atoms with E-state index < -0.39 is 12.7 Å². The van der Waals surface area contributed by atoms with E-state index in [0.717, 1.165) is 38.7 Å². The largest absolute Gasteiger partial charge is 0.401 e. The number of ether oxygens (including phenoxy) is 1. The molecule has 0 aromatic heterocycles. The van der Waals surface area contributed by atoms with Crippen LogP contribution in [0.15, 0.2) is 4.99 Å². The average Bonchev–Trinajstić information content (AvgIpc) is 2.93. The Morgan fingerprint density at radius 3 is 2.58 bits per heavy atom. The third-order valence-electron chi connectivity index (χ3n) is 3.66. The number of nitrogens with one attached hydrogen (secondary N) is 1. The first-order valence-corrected chi connectivity index (χ1v) is 8.14. The molecular weight excluding hydrogens is 436 g/mol. The van der Waals surface area contributed by atoms with E-state index in [2.05, 4.69) is 15.2 Å². The van der Waals surface area contributed by atoms with Crippen LogP contribution in [-0.2, 0) is 4.74 Å². The summed E-state index contributed by atoms with van der Waals surface area (Å²) in [4.78, 5) is 7.86. The van der Waals surface area contributed by atoms with E-state index in [-0.39, 0.29) is 24.0 Å². The lowest BCUT2D eigenvalue weighted by Gasteiger charge is -2.24. The normalized spacial score (nSPS) is 18.6. The maximum absolute atomic E-state index is 12.2. The number of halogens is 4. The van der Waals surface area contributed by atoms with Crippen LogP contribution < -0.4 is 5.32 Å². The second-order valence-corrected chi connectivity index (χ2v) is 6.05. The number of alkyl halides is 3. The van der Waals surface area contributed by atoms with Crippen molar-refractivity contribution in [2.75, 3.05) is 60.0 Å². The van der Waals surface area contributed by atoms with Crippen LogP contribution in [0.3, 0.4) is 0 Å². The van der Waals surface area contributed by atoms with Crippen LogP contribution in [0, 0.1) is 5.92 Å². The van der Waals surface area contributed by atoms with E-state index in [9.17, 15) is 13.2 Å². The fourth-order valence-corrected chi connectivity index (χ4v) is 2.58. The second-order valence-electron chi connectivity index (χ2n) is 6.05. The summed E-state index contributed by atoms with van der Waals surface area (Å²) < 4.78 is 42.1. The summed E-state index contributed by atoms with van der Waals surface area (Å²) in [7, 11) is 3.46. The van der Waals surface area contributed by atoms with Crippen LogP contribution >= 0.6 is 24.0 Å². The van der Waals surface area contributed by atoms with E-state index in [0.29, 0.717) is 25.4 Å². The second kappa shape index (κ2) is 12.1. The SMILES string of the molecule is CCNC(=NCCCN(C)CC(F)(F)F)N(C)CC1CCOC1.I. The molecule has 0 radical (unpaired) electrons. The highest BCUT2D eigenvalue weighted by Gasteiger charge is 2.28. The molecule has 0 aromatic carbocycles. The summed E-state index contributed by atoms with van der Waals surface area (Å²) in [6, 6.07) is 0. The molecule has 1 fully saturated rings. The fraction of sp³-hybridized carbons (Fsp3) is 0.933. The Kier molecular flexibility index (Phi) is 12.0. The summed E-state index contributed by atoms with van der Waals surface area (Å²) in [5.74, 6) is 1.32. The predicted molar refractivity (Wildman–Crippen MR) is 101 cm³/mol. The molecule has 0 aliphatic carbocycles. The molecule has 1 heterocycles. The first-order chi connectivity index (χ1) is 10.8. The summed E-state index contributed by atoms with van der Waals surface area (Å²) >= 11 is 0. The number of hydrogen-bond donors (Lipinski definition) is 1. The van der Waals surface area contributed by atoms with Gasteiger partial charge in [-0.25, -0.2) is 0 Å². The number of guanidine groups is 1. The highest BCUT2D eigenvalue weighted by Crippen LogP contribution is 2.15. The summed E-state index contributed by atoms with van der Waals surface area (Å²) in [6.45, 7) is 5.25.